The van der Waals surface area contributed by atoms with Crippen LogP contribution in [-0.2, 0) is 33.3 Å². The Morgan fingerprint density at radius 3 is 2.36 bits per heavy atom. The fourth-order valence-electron chi connectivity index (χ4n) is 5.10. The molecule has 3 rings (SSSR count). The smallest absolute Gasteiger partial charge is 0.412 e. The lowest BCUT2D eigenvalue weighted by Crippen LogP contribution is -2.50. The maximum absolute atomic E-state index is 13.1. The van der Waals surface area contributed by atoms with Crippen molar-refractivity contribution in [3.05, 3.63) is 29.8 Å². The minimum Gasteiger partial charge on any atom is -0.462 e. The van der Waals surface area contributed by atoms with Gasteiger partial charge in [-0.2, -0.15) is 8.42 Å². The number of carbonyl (C=O) groups is 2. The van der Waals surface area contributed by atoms with Crippen LogP contribution in [0.2, 0.25) is 0 Å². The van der Waals surface area contributed by atoms with Crippen LogP contribution in [0.25, 0.3) is 0 Å². The topological polar surface area (TPSA) is 108 Å². The summed E-state index contributed by atoms with van der Waals surface area (Å²) in [6.45, 7) is 11.0. The second-order valence-electron chi connectivity index (χ2n) is 12.2. The molecule has 1 saturated carbocycles. The number of hydrogen-bond donors (Lipinski definition) is 0. The Labute approximate surface area is 233 Å². The third-order valence-electron chi connectivity index (χ3n) is 7.15. The molecule has 1 heterocycles. The largest absolute Gasteiger partial charge is 0.462 e. The molecule has 1 aromatic rings. The summed E-state index contributed by atoms with van der Waals surface area (Å²) >= 11 is 0. The predicted octanol–water partition coefficient (Wildman–Crippen LogP) is 5.73. The molecule has 1 aliphatic heterocycles. The van der Waals surface area contributed by atoms with Gasteiger partial charge in [0.25, 0.3) is 10.1 Å². The van der Waals surface area contributed by atoms with Crippen LogP contribution in [0, 0.1) is 12.8 Å². The molecule has 0 unspecified atom stereocenters. The Balaban J connectivity index is 1.72. The Bertz CT molecular complexity index is 1070. The highest BCUT2D eigenvalue weighted by Gasteiger charge is 2.46. The number of ether oxygens (including phenoxy) is 3. The predicted molar refractivity (Wildman–Crippen MR) is 147 cm³/mol. The van der Waals surface area contributed by atoms with E-state index in [-0.39, 0.29) is 48.6 Å². The lowest BCUT2D eigenvalue weighted by molar-refractivity contribution is -0.151. The number of hydrogen-bond acceptors (Lipinski definition) is 8. The van der Waals surface area contributed by atoms with Gasteiger partial charge in [0, 0.05) is 6.42 Å². The molecule has 0 aromatic heterocycles. The quantitative estimate of drug-likeness (QED) is 0.260. The molecule has 1 saturated heterocycles. The molecular formula is C29H45NO8S. The Morgan fingerprint density at radius 2 is 1.74 bits per heavy atom. The zero-order chi connectivity index (χ0) is 28.8. The van der Waals surface area contributed by atoms with Crippen LogP contribution in [0.3, 0.4) is 0 Å². The van der Waals surface area contributed by atoms with Gasteiger partial charge in [0.2, 0.25) is 0 Å². The monoisotopic (exact) mass is 567 g/mol. The molecule has 220 valence electrons. The molecule has 0 radical (unpaired) electrons. The summed E-state index contributed by atoms with van der Waals surface area (Å²) < 4.78 is 48.5. The van der Waals surface area contributed by atoms with E-state index in [4.69, 9.17) is 18.4 Å². The molecule has 2 atom stereocenters. The van der Waals surface area contributed by atoms with Crippen molar-refractivity contribution in [1.82, 2.24) is 4.90 Å². The molecular weight excluding hydrogens is 522 g/mol. The number of aryl methyl sites for hydroxylation is 1. The van der Waals surface area contributed by atoms with Crippen LogP contribution < -0.4 is 0 Å². The molecule has 2 aliphatic rings. The first-order valence-corrected chi connectivity index (χ1v) is 15.4. The van der Waals surface area contributed by atoms with Gasteiger partial charge >= 0.3 is 12.1 Å². The maximum atomic E-state index is 13.1. The van der Waals surface area contributed by atoms with Crippen molar-refractivity contribution in [3.63, 3.8) is 0 Å². The van der Waals surface area contributed by atoms with Crippen LogP contribution >= 0.6 is 0 Å². The molecule has 1 aliphatic carbocycles. The minimum atomic E-state index is -4.00. The van der Waals surface area contributed by atoms with Gasteiger partial charge in [-0.1, -0.05) is 24.1 Å². The van der Waals surface area contributed by atoms with Crippen LogP contribution in [0.4, 0.5) is 4.79 Å². The van der Waals surface area contributed by atoms with E-state index in [2.05, 4.69) is 0 Å². The fourth-order valence-corrected chi connectivity index (χ4v) is 6.08. The first-order chi connectivity index (χ1) is 18.2. The third-order valence-corrected chi connectivity index (χ3v) is 8.44. The van der Waals surface area contributed by atoms with Crippen molar-refractivity contribution in [1.29, 1.82) is 0 Å². The van der Waals surface area contributed by atoms with Crippen LogP contribution in [0.5, 0.6) is 0 Å². The van der Waals surface area contributed by atoms with Gasteiger partial charge in [0.15, 0.2) is 0 Å². The molecule has 0 bridgehead atoms. The molecule has 1 aromatic carbocycles. The van der Waals surface area contributed by atoms with E-state index in [1.165, 1.54) is 12.1 Å². The Hall–Kier alpha value is -2.17. The second-order valence-corrected chi connectivity index (χ2v) is 13.8. The molecule has 0 spiro atoms. The molecule has 1 amide bonds. The van der Waals surface area contributed by atoms with Crippen LogP contribution in [-0.4, -0.2) is 62.1 Å². The summed E-state index contributed by atoms with van der Waals surface area (Å²) in [4.78, 5) is 27.4. The van der Waals surface area contributed by atoms with Gasteiger partial charge < -0.3 is 14.2 Å². The highest BCUT2D eigenvalue weighted by Crippen LogP contribution is 2.34. The van der Waals surface area contributed by atoms with Gasteiger partial charge in [-0.3, -0.25) is 13.9 Å². The average Bonchev–Trinajstić information content (AvgIpc) is 3.14. The summed E-state index contributed by atoms with van der Waals surface area (Å²) in [6, 6.07) is 6.08. The van der Waals surface area contributed by atoms with E-state index in [1.54, 1.807) is 51.7 Å². The summed E-state index contributed by atoms with van der Waals surface area (Å²) in [6.07, 6.45) is 5.37. The molecule has 10 heteroatoms. The van der Waals surface area contributed by atoms with Gasteiger partial charge in [-0.05, 0) is 98.1 Å². The summed E-state index contributed by atoms with van der Waals surface area (Å²) in [5.74, 6) is -0.642. The van der Waals surface area contributed by atoms with Gasteiger partial charge in [-0.15, -0.1) is 0 Å². The normalized spacial score (nSPS) is 21.0. The van der Waals surface area contributed by atoms with E-state index < -0.39 is 27.5 Å². The maximum Gasteiger partial charge on any atom is 0.412 e. The average molecular weight is 568 g/mol. The number of carbonyl (C=O) groups excluding carboxylic acids is 2. The second kappa shape index (κ2) is 13.0. The lowest BCUT2D eigenvalue weighted by atomic mass is 9.95. The lowest BCUT2D eigenvalue weighted by Gasteiger charge is -2.36. The number of benzene rings is 1. The van der Waals surface area contributed by atoms with Crippen LogP contribution in [0.15, 0.2) is 29.2 Å². The number of amides is 1. The van der Waals surface area contributed by atoms with Crippen molar-refractivity contribution < 1.29 is 36.4 Å². The number of rotatable bonds is 10. The fraction of sp³-hybridized carbons (Fsp3) is 0.724. The van der Waals surface area contributed by atoms with Gasteiger partial charge in [0.05, 0.1) is 24.2 Å². The first kappa shape index (κ1) is 31.4. The first-order valence-electron chi connectivity index (χ1n) is 14.0. The van der Waals surface area contributed by atoms with Crippen LogP contribution in [0.1, 0.15) is 91.5 Å². The SMILES string of the molecule is Cc1ccc(S(=O)(=O)OC[C@H](CCC(=O)OC2CCCCC2)C[C@H]2COC(C)(C)N2C(=O)OC(C)(C)C)cc1. The van der Waals surface area contributed by atoms with Crippen molar-refractivity contribution in [2.45, 2.75) is 121 Å². The van der Waals surface area contributed by atoms with Gasteiger partial charge in [0.1, 0.15) is 17.4 Å². The van der Waals surface area contributed by atoms with E-state index in [9.17, 15) is 18.0 Å². The van der Waals surface area contributed by atoms with Gasteiger partial charge in [-0.25, -0.2) is 4.79 Å². The third kappa shape index (κ3) is 9.46. The molecule has 9 nitrogen and oxygen atoms in total. The summed E-state index contributed by atoms with van der Waals surface area (Å²) in [5, 5.41) is 0. The van der Waals surface area contributed by atoms with Crippen molar-refractivity contribution in [2.24, 2.45) is 5.92 Å². The Kier molecular flexibility index (Phi) is 10.5. The standard InChI is InChI=1S/C29H45NO8S/c1-21-12-15-25(16-13-21)39(33,34)36-19-22(14-17-26(31)37-24-10-8-7-9-11-24)18-23-20-35-29(5,6)30(23)27(32)38-28(2,3)4/h12-13,15-16,22-24H,7-11,14,17-20H2,1-6H3/t22-,23+/m1/s1. The molecule has 0 N–H and O–H groups in total. The minimum absolute atomic E-state index is 0.0467. The molecule has 39 heavy (non-hydrogen) atoms. The van der Waals surface area contributed by atoms with Crippen molar-refractivity contribution >= 4 is 22.2 Å². The zero-order valence-corrected chi connectivity index (χ0v) is 25.1. The van der Waals surface area contributed by atoms with E-state index in [0.717, 1.165) is 37.7 Å². The summed E-state index contributed by atoms with van der Waals surface area (Å²) in [7, 11) is -4.00. The number of nitrogens with zero attached hydrogens (tertiary/aromatic N) is 1. The number of esters is 1. The zero-order valence-electron chi connectivity index (χ0n) is 24.2. The van der Waals surface area contributed by atoms with E-state index >= 15 is 0 Å². The highest BCUT2D eigenvalue weighted by molar-refractivity contribution is 7.86. The van der Waals surface area contributed by atoms with E-state index in [0.29, 0.717) is 12.8 Å². The molecule has 2 fully saturated rings. The Morgan fingerprint density at radius 1 is 1.10 bits per heavy atom. The van der Waals surface area contributed by atoms with Crippen molar-refractivity contribution in [2.75, 3.05) is 13.2 Å². The van der Waals surface area contributed by atoms with Crippen molar-refractivity contribution in [3.8, 4) is 0 Å². The van der Waals surface area contributed by atoms with E-state index in [1.807, 2.05) is 6.92 Å². The summed E-state index contributed by atoms with van der Waals surface area (Å²) in [5.41, 5.74) is -0.644. The highest BCUT2D eigenvalue weighted by atomic mass is 32.2.